The fourth-order valence-electron chi connectivity index (χ4n) is 1.68. The molecule has 14 heavy (non-hydrogen) atoms. The first-order valence-corrected chi connectivity index (χ1v) is 7.43. The predicted molar refractivity (Wildman–Crippen MR) is 66.1 cm³/mol. The molecule has 1 atom stereocenters. The molecule has 1 unspecified atom stereocenters. The third-order valence-corrected chi connectivity index (χ3v) is 4.08. The fraction of sp³-hybridized carbons (Fsp3) is 0.900. The van der Waals surface area contributed by atoms with Crippen molar-refractivity contribution in [2.45, 2.75) is 31.4 Å². The molecule has 1 saturated heterocycles. The molecule has 0 aromatic carbocycles. The van der Waals surface area contributed by atoms with Crippen molar-refractivity contribution in [1.82, 2.24) is 4.90 Å². The summed E-state index contributed by atoms with van der Waals surface area (Å²) in [4.78, 5) is 14.0. The summed E-state index contributed by atoms with van der Waals surface area (Å²) in [6, 6.07) is 0. The van der Waals surface area contributed by atoms with Gasteiger partial charge in [0.05, 0.1) is 5.25 Å². The minimum absolute atomic E-state index is 0.251. The van der Waals surface area contributed by atoms with E-state index in [4.69, 9.17) is 0 Å². The molecule has 1 heterocycles. The molecule has 0 saturated carbocycles. The normalized spacial score (nSPS) is 21.1. The van der Waals surface area contributed by atoms with E-state index in [2.05, 4.69) is 22.9 Å². The number of rotatable bonds is 5. The summed E-state index contributed by atoms with van der Waals surface area (Å²) in [5.41, 5.74) is 0. The zero-order valence-corrected chi connectivity index (χ0v) is 11.1. The number of hydrogen-bond donors (Lipinski definition) is 0. The van der Waals surface area contributed by atoms with Crippen molar-refractivity contribution in [3.8, 4) is 0 Å². The molecule has 1 fully saturated rings. The highest BCUT2D eigenvalue weighted by molar-refractivity contribution is 9.09. The van der Waals surface area contributed by atoms with Crippen LogP contribution in [0.1, 0.15) is 26.2 Å². The van der Waals surface area contributed by atoms with E-state index in [1.54, 1.807) is 0 Å². The summed E-state index contributed by atoms with van der Waals surface area (Å²) in [7, 11) is 0. The second kappa shape index (κ2) is 6.72. The standard InChI is InChI=1S/C10H18BrNOS/c1-2-6-12(7-5-11)10(13)9-4-3-8-14-9/h9H,2-8H2,1H3. The Morgan fingerprint density at radius 2 is 2.36 bits per heavy atom. The van der Waals surface area contributed by atoms with Gasteiger partial charge in [-0.1, -0.05) is 22.9 Å². The van der Waals surface area contributed by atoms with Crippen molar-refractivity contribution in [1.29, 1.82) is 0 Å². The third kappa shape index (κ3) is 3.46. The van der Waals surface area contributed by atoms with E-state index in [0.717, 1.165) is 37.0 Å². The molecule has 4 heteroatoms. The minimum Gasteiger partial charge on any atom is -0.341 e. The maximum absolute atomic E-state index is 12.0. The van der Waals surface area contributed by atoms with Crippen LogP contribution in [0.25, 0.3) is 0 Å². The molecule has 1 amide bonds. The Balaban J connectivity index is 2.43. The SMILES string of the molecule is CCCN(CCBr)C(=O)C1CCCS1. The summed E-state index contributed by atoms with van der Waals surface area (Å²) in [5.74, 6) is 1.51. The van der Waals surface area contributed by atoms with Gasteiger partial charge in [0.25, 0.3) is 0 Å². The van der Waals surface area contributed by atoms with Crippen LogP contribution in [0.2, 0.25) is 0 Å². The quantitative estimate of drug-likeness (QED) is 0.721. The number of thioether (sulfide) groups is 1. The van der Waals surface area contributed by atoms with Crippen LogP contribution in [0.5, 0.6) is 0 Å². The van der Waals surface area contributed by atoms with E-state index in [-0.39, 0.29) is 5.25 Å². The maximum Gasteiger partial charge on any atom is 0.235 e. The molecule has 82 valence electrons. The van der Waals surface area contributed by atoms with Crippen molar-refractivity contribution in [2.75, 3.05) is 24.2 Å². The van der Waals surface area contributed by atoms with E-state index in [9.17, 15) is 4.79 Å². The van der Waals surface area contributed by atoms with Gasteiger partial charge < -0.3 is 4.90 Å². The Morgan fingerprint density at radius 3 is 2.86 bits per heavy atom. The lowest BCUT2D eigenvalue weighted by molar-refractivity contribution is -0.130. The molecule has 1 aliphatic rings. The minimum atomic E-state index is 0.251. The molecule has 0 aromatic rings. The predicted octanol–water partition coefficient (Wildman–Crippen LogP) is 2.52. The first kappa shape index (κ1) is 12.4. The summed E-state index contributed by atoms with van der Waals surface area (Å²) < 4.78 is 0. The van der Waals surface area contributed by atoms with Gasteiger partial charge in [0.1, 0.15) is 0 Å². The largest absolute Gasteiger partial charge is 0.341 e. The summed E-state index contributed by atoms with van der Waals surface area (Å²) in [6.45, 7) is 3.88. The average molecular weight is 280 g/mol. The van der Waals surface area contributed by atoms with Crippen molar-refractivity contribution >= 4 is 33.6 Å². The molecule has 1 rings (SSSR count). The summed E-state index contributed by atoms with van der Waals surface area (Å²) in [6.07, 6.45) is 3.33. The Bertz CT molecular complexity index is 177. The van der Waals surface area contributed by atoms with Crippen molar-refractivity contribution in [3.63, 3.8) is 0 Å². The van der Waals surface area contributed by atoms with Gasteiger partial charge in [0.2, 0.25) is 5.91 Å². The topological polar surface area (TPSA) is 20.3 Å². The molecule has 0 spiro atoms. The highest BCUT2D eigenvalue weighted by Crippen LogP contribution is 2.27. The molecule has 2 nitrogen and oxygen atoms in total. The molecule has 0 bridgehead atoms. The van der Waals surface area contributed by atoms with Gasteiger partial charge in [-0.2, -0.15) is 0 Å². The van der Waals surface area contributed by atoms with Gasteiger partial charge in [-0.05, 0) is 25.0 Å². The number of carbonyl (C=O) groups is 1. The highest BCUT2D eigenvalue weighted by Gasteiger charge is 2.26. The van der Waals surface area contributed by atoms with Gasteiger partial charge in [-0.15, -0.1) is 11.8 Å². The molecule has 0 N–H and O–H groups in total. The Kier molecular flexibility index (Phi) is 5.94. The summed E-state index contributed by atoms with van der Waals surface area (Å²) >= 11 is 5.22. The lowest BCUT2D eigenvalue weighted by Crippen LogP contribution is -2.38. The lowest BCUT2D eigenvalue weighted by atomic mass is 10.2. The zero-order chi connectivity index (χ0) is 10.4. The highest BCUT2D eigenvalue weighted by atomic mass is 79.9. The maximum atomic E-state index is 12.0. The molecular weight excluding hydrogens is 262 g/mol. The van der Waals surface area contributed by atoms with E-state index in [1.165, 1.54) is 6.42 Å². The van der Waals surface area contributed by atoms with Crippen LogP contribution in [0, 0.1) is 0 Å². The molecule has 0 aromatic heterocycles. The lowest BCUT2D eigenvalue weighted by Gasteiger charge is -2.23. The average Bonchev–Trinajstić information content (AvgIpc) is 2.69. The van der Waals surface area contributed by atoms with Crippen LogP contribution in [0.3, 0.4) is 0 Å². The second-order valence-electron chi connectivity index (χ2n) is 3.52. The Hall–Kier alpha value is 0.300. The first-order valence-electron chi connectivity index (χ1n) is 5.26. The van der Waals surface area contributed by atoms with Crippen LogP contribution >= 0.6 is 27.7 Å². The number of amides is 1. The van der Waals surface area contributed by atoms with Gasteiger partial charge >= 0.3 is 0 Å². The van der Waals surface area contributed by atoms with Crippen LogP contribution in [-0.2, 0) is 4.79 Å². The van der Waals surface area contributed by atoms with Crippen LogP contribution in [0.15, 0.2) is 0 Å². The fourth-order valence-corrected chi connectivity index (χ4v) is 3.35. The zero-order valence-electron chi connectivity index (χ0n) is 8.67. The third-order valence-electron chi connectivity index (χ3n) is 2.36. The molecular formula is C10H18BrNOS. The van der Waals surface area contributed by atoms with Crippen LogP contribution < -0.4 is 0 Å². The van der Waals surface area contributed by atoms with Crippen LogP contribution in [0.4, 0.5) is 0 Å². The van der Waals surface area contributed by atoms with Crippen LogP contribution in [-0.4, -0.2) is 40.2 Å². The Labute approximate surface area is 98.9 Å². The number of hydrogen-bond acceptors (Lipinski definition) is 2. The number of alkyl halides is 1. The van der Waals surface area contributed by atoms with E-state index < -0.39 is 0 Å². The first-order chi connectivity index (χ1) is 6.79. The smallest absolute Gasteiger partial charge is 0.235 e. The van der Waals surface area contributed by atoms with Crippen molar-refractivity contribution in [3.05, 3.63) is 0 Å². The number of nitrogens with zero attached hydrogens (tertiary/aromatic N) is 1. The van der Waals surface area contributed by atoms with E-state index in [1.807, 2.05) is 16.7 Å². The van der Waals surface area contributed by atoms with Crippen molar-refractivity contribution < 1.29 is 4.79 Å². The van der Waals surface area contributed by atoms with Gasteiger partial charge in [0, 0.05) is 18.4 Å². The van der Waals surface area contributed by atoms with E-state index in [0.29, 0.717) is 5.91 Å². The summed E-state index contributed by atoms with van der Waals surface area (Å²) in [5, 5.41) is 1.14. The van der Waals surface area contributed by atoms with Gasteiger partial charge in [0.15, 0.2) is 0 Å². The van der Waals surface area contributed by atoms with Gasteiger partial charge in [-0.25, -0.2) is 0 Å². The van der Waals surface area contributed by atoms with Gasteiger partial charge in [-0.3, -0.25) is 4.79 Å². The Morgan fingerprint density at radius 1 is 1.57 bits per heavy atom. The molecule has 1 aliphatic heterocycles. The monoisotopic (exact) mass is 279 g/mol. The number of halogens is 1. The van der Waals surface area contributed by atoms with Crippen molar-refractivity contribution in [2.24, 2.45) is 0 Å². The molecule has 0 aliphatic carbocycles. The second-order valence-corrected chi connectivity index (χ2v) is 5.62. The number of carbonyl (C=O) groups excluding carboxylic acids is 1. The molecule has 0 radical (unpaired) electrons. The van der Waals surface area contributed by atoms with E-state index >= 15 is 0 Å².